The van der Waals surface area contributed by atoms with Gasteiger partial charge in [0.05, 0.1) is 0 Å². The largest absolute Gasteiger partial charge is 0.508 e. The maximum Gasteiger partial charge on any atom is 0.336 e. The number of likely N-dealkylation sites (tertiary alicyclic amines) is 1. The highest BCUT2D eigenvalue weighted by Crippen LogP contribution is 2.28. The molecule has 5 nitrogen and oxygen atoms in total. The van der Waals surface area contributed by atoms with Gasteiger partial charge in [-0.3, -0.25) is 4.90 Å². The van der Waals surface area contributed by atoms with E-state index >= 15 is 0 Å². The summed E-state index contributed by atoms with van der Waals surface area (Å²) in [5.74, 6) is 0.442. The zero-order chi connectivity index (χ0) is 15.7. The number of aryl methyl sites for hydroxylation is 1. The first kappa shape index (κ1) is 15.1. The summed E-state index contributed by atoms with van der Waals surface area (Å²) in [7, 11) is 0. The second kappa shape index (κ2) is 6.10. The number of nitrogens with zero attached hydrogens (tertiary/aromatic N) is 1. The quantitative estimate of drug-likeness (QED) is 0.849. The summed E-state index contributed by atoms with van der Waals surface area (Å²) < 4.78 is 5.27. The molecular weight excluding hydrogens is 282 g/mol. The van der Waals surface area contributed by atoms with E-state index in [0.717, 1.165) is 36.9 Å². The molecule has 1 saturated heterocycles. The van der Waals surface area contributed by atoms with Gasteiger partial charge in [-0.2, -0.15) is 0 Å². The van der Waals surface area contributed by atoms with Gasteiger partial charge in [-0.05, 0) is 49.9 Å². The molecule has 3 rings (SSSR count). The first-order valence-corrected chi connectivity index (χ1v) is 7.67. The molecule has 1 fully saturated rings. The van der Waals surface area contributed by atoms with E-state index in [2.05, 4.69) is 4.90 Å². The van der Waals surface area contributed by atoms with Crippen molar-refractivity contribution in [2.75, 3.05) is 19.7 Å². The number of phenolic OH excluding ortho intramolecular Hbond substituents is 1. The van der Waals surface area contributed by atoms with Crippen LogP contribution >= 0.6 is 0 Å². The summed E-state index contributed by atoms with van der Waals surface area (Å²) in [6, 6.07) is 4.96. The van der Waals surface area contributed by atoms with Gasteiger partial charge >= 0.3 is 5.63 Å². The van der Waals surface area contributed by atoms with Gasteiger partial charge in [0.2, 0.25) is 0 Å². The van der Waals surface area contributed by atoms with Crippen molar-refractivity contribution in [2.24, 2.45) is 5.92 Å². The molecule has 0 spiro atoms. The molecule has 22 heavy (non-hydrogen) atoms. The number of benzene rings is 1. The van der Waals surface area contributed by atoms with Crippen LogP contribution in [-0.2, 0) is 6.54 Å². The molecule has 0 saturated carbocycles. The maximum absolute atomic E-state index is 11.8. The molecule has 0 bridgehead atoms. The molecule has 0 amide bonds. The number of piperidine rings is 1. The highest BCUT2D eigenvalue weighted by Gasteiger charge is 2.20. The smallest absolute Gasteiger partial charge is 0.336 e. The van der Waals surface area contributed by atoms with Crippen LogP contribution in [0.1, 0.15) is 24.0 Å². The van der Waals surface area contributed by atoms with Crippen molar-refractivity contribution in [1.29, 1.82) is 0 Å². The van der Waals surface area contributed by atoms with Crippen LogP contribution in [-0.4, -0.2) is 34.8 Å². The fourth-order valence-corrected chi connectivity index (χ4v) is 3.23. The zero-order valence-corrected chi connectivity index (χ0v) is 12.7. The summed E-state index contributed by atoms with van der Waals surface area (Å²) in [6.07, 6.45) is 2.11. The third-order valence-corrected chi connectivity index (χ3v) is 4.47. The maximum atomic E-state index is 11.8. The van der Waals surface area contributed by atoms with Crippen LogP contribution in [0.15, 0.2) is 27.4 Å². The predicted molar refractivity (Wildman–Crippen MR) is 84.0 cm³/mol. The Bertz CT molecular complexity index is 737. The standard InChI is InChI=1S/C17H21NO4/c1-11-15(20)5-4-14-13(7-16(21)22-17(11)14)9-18-6-2-3-12(8-18)10-19/h4-5,7,12,19-20H,2-3,6,8-10H2,1H3/t12-/m0/s1. The molecule has 0 aliphatic carbocycles. The Morgan fingerprint density at radius 1 is 1.41 bits per heavy atom. The van der Waals surface area contributed by atoms with Crippen molar-refractivity contribution < 1.29 is 14.6 Å². The summed E-state index contributed by atoms with van der Waals surface area (Å²) in [4.78, 5) is 14.1. The van der Waals surface area contributed by atoms with Crippen molar-refractivity contribution >= 4 is 11.0 Å². The summed E-state index contributed by atoms with van der Waals surface area (Å²) in [5, 5.41) is 20.0. The highest BCUT2D eigenvalue weighted by atomic mass is 16.4. The summed E-state index contributed by atoms with van der Waals surface area (Å²) >= 11 is 0. The number of aliphatic hydroxyl groups excluding tert-OH is 1. The molecule has 1 aromatic heterocycles. The van der Waals surface area contributed by atoms with Crippen LogP contribution in [0.3, 0.4) is 0 Å². The number of aliphatic hydroxyl groups is 1. The van der Waals surface area contributed by atoms with Gasteiger partial charge in [-0.25, -0.2) is 4.79 Å². The van der Waals surface area contributed by atoms with Gasteiger partial charge in [-0.1, -0.05) is 0 Å². The number of rotatable bonds is 3. The van der Waals surface area contributed by atoms with Gasteiger partial charge < -0.3 is 14.6 Å². The molecule has 1 aromatic carbocycles. The Labute approximate surface area is 128 Å². The van der Waals surface area contributed by atoms with E-state index in [4.69, 9.17) is 4.42 Å². The lowest BCUT2D eigenvalue weighted by molar-refractivity contribution is 0.116. The van der Waals surface area contributed by atoms with Gasteiger partial charge in [0, 0.05) is 36.7 Å². The van der Waals surface area contributed by atoms with Gasteiger partial charge in [0.15, 0.2) is 0 Å². The van der Waals surface area contributed by atoms with Gasteiger partial charge in [0.1, 0.15) is 11.3 Å². The van der Waals surface area contributed by atoms with Crippen LogP contribution in [0.4, 0.5) is 0 Å². The van der Waals surface area contributed by atoms with Crippen LogP contribution in [0.5, 0.6) is 5.75 Å². The van der Waals surface area contributed by atoms with Crippen molar-refractivity contribution in [1.82, 2.24) is 4.90 Å². The van der Waals surface area contributed by atoms with Gasteiger partial charge in [0.25, 0.3) is 0 Å². The van der Waals surface area contributed by atoms with E-state index in [1.54, 1.807) is 19.1 Å². The molecular formula is C17H21NO4. The second-order valence-electron chi connectivity index (χ2n) is 6.10. The molecule has 1 aliphatic rings. The van der Waals surface area contributed by atoms with E-state index < -0.39 is 5.63 Å². The summed E-state index contributed by atoms with van der Waals surface area (Å²) in [5.41, 5.74) is 1.56. The summed E-state index contributed by atoms with van der Waals surface area (Å²) in [6.45, 7) is 4.42. The lowest BCUT2D eigenvalue weighted by Crippen LogP contribution is -2.36. The minimum absolute atomic E-state index is 0.131. The van der Waals surface area contributed by atoms with Gasteiger partial charge in [-0.15, -0.1) is 0 Å². The van der Waals surface area contributed by atoms with E-state index in [9.17, 15) is 15.0 Å². The lowest BCUT2D eigenvalue weighted by atomic mass is 9.98. The predicted octanol–water partition coefficient (Wildman–Crippen LogP) is 2.01. The molecule has 1 aliphatic heterocycles. The Morgan fingerprint density at radius 2 is 2.23 bits per heavy atom. The topological polar surface area (TPSA) is 73.9 Å². The Morgan fingerprint density at radius 3 is 3.00 bits per heavy atom. The average Bonchev–Trinajstić information content (AvgIpc) is 2.51. The third kappa shape index (κ3) is 2.87. The molecule has 0 unspecified atom stereocenters. The Balaban J connectivity index is 1.97. The van der Waals surface area contributed by atoms with E-state index in [1.807, 2.05) is 0 Å². The molecule has 0 radical (unpaired) electrons. The lowest BCUT2D eigenvalue weighted by Gasteiger charge is -2.31. The van der Waals surface area contributed by atoms with E-state index in [1.165, 1.54) is 6.07 Å². The molecule has 1 atom stereocenters. The molecule has 2 heterocycles. The number of hydrogen-bond acceptors (Lipinski definition) is 5. The zero-order valence-electron chi connectivity index (χ0n) is 12.7. The van der Waals surface area contributed by atoms with Crippen LogP contribution in [0.2, 0.25) is 0 Å². The van der Waals surface area contributed by atoms with E-state index in [0.29, 0.717) is 23.6 Å². The van der Waals surface area contributed by atoms with Crippen molar-refractivity contribution in [3.63, 3.8) is 0 Å². The van der Waals surface area contributed by atoms with E-state index in [-0.39, 0.29) is 12.4 Å². The highest BCUT2D eigenvalue weighted by molar-refractivity contribution is 5.84. The fraction of sp³-hybridized carbons (Fsp3) is 0.471. The Hall–Kier alpha value is -1.85. The molecule has 2 aromatic rings. The first-order valence-electron chi connectivity index (χ1n) is 7.67. The number of aromatic hydroxyl groups is 1. The minimum Gasteiger partial charge on any atom is -0.508 e. The minimum atomic E-state index is -0.396. The van der Waals surface area contributed by atoms with Crippen LogP contribution in [0.25, 0.3) is 11.0 Å². The fourth-order valence-electron chi connectivity index (χ4n) is 3.23. The normalized spacial score (nSPS) is 19.6. The molecule has 118 valence electrons. The van der Waals surface area contributed by atoms with Crippen LogP contribution < -0.4 is 5.63 Å². The molecule has 5 heteroatoms. The SMILES string of the molecule is Cc1c(O)ccc2c(CN3CCC[C@H](CO)C3)cc(=O)oc12. The number of phenols is 1. The first-order chi connectivity index (χ1) is 10.6. The van der Waals surface area contributed by atoms with Crippen molar-refractivity contribution in [3.8, 4) is 5.75 Å². The van der Waals surface area contributed by atoms with Crippen LogP contribution in [0, 0.1) is 12.8 Å². The van der Waals surface area contributed by atoms with Crippen molar-refractivity contribution in [2.45, 2.75) is 26.3 Å². The number of hydrogen-bond donors (Lipinski definition) is 2. The Kier molecular flexibility index (Phi) is 4.18. The third-order valence-electron chi connectivity index (χ3n) is 4.47. The second-order valence-corrected chi connectivity index (χ2v) is 6.10. The number of fused-ring (bicyclic) bond motifs is 1. The molecule has 2 N–H and O–H groups in total. The monoisotopic (exact) mass is 303 g/mol. The van der Waals surface area contributed by atoms with Crippen molar-refractivity contribution in [3.05, 3.63) is 39.7 Å². The average molecular weight is 303 g/mol.